The predicted octanol–water partition coefficient (Wildman–Crippen LogP) is 2.32. The maximum Gasteiger partial charge on any atom is 0.271 e. The molecule has 1 aromatic rings. The van der Waals surface area contributed by atoms with Crippen molar-refractivity contribution < 1.29 is 9.53 Å². The molecular formula is C14H20ClN3O2. The van der Waals surface area contributed by atoms with Crippen molar-refractivity contribution in [3.05, 3.63) is 22.8 Å². The summed E-state index contributed by atoms with van der Waals surface area (Å²) in [6.45, 7) is 4.27. The summed E-state index contributed by atoms with van der Waals surface area (Å²) >= 11 is 6.03. The van der Waals surface area contributed by atoms with Gasteiger partial charge in [0.25, 0.3) is 5.91 Å². The Morgan fingerprint density at radius 3 is 2.80 bits per heavy atom. The first-order chi connectivity index (χ1) is 9.54. The van der Waals surface area contributed by atoms with Gasteiger partial charge in [0.05, 0.1) is 5.02 Å². The second-order valence-electron chi connectivity index (χ2n) is 5.38. The fourth-order valence-corrected chi connectivity index (χ4v) is 2.35. The molecule has 0 aliphatic carbocycles. The van der Waals surface area contributed by atoms with Gasteiger partial charge in [0.1, 0.15) is 11.5 Å². The SMILES string of the molecule is CNc1ccc(Cl)c(C(=O)NCC2(C)CCOCC2)n1. The van der Waals surface area contributed by atoms with Crippen LogP contribution < -0.4 is 10.6 Å². The van der Waals surface area contributed by atoms with Crippen LogP contribution in [0.5, 0.6) is 0 Å². The van der Waals surface area contributed by atoms with Gasteiger partial charge in [0.2, 0.25) is 0 Å². The molecule has 1 aromatic heterocycles. The van der Waals surface area contributed by atoms with Crippen LogP contribution in [0.1, 0.15) is 30.3 Å². The Hall–Kier alpha value is -1.33. The number of aromatic nitrogens is 1. The van der Waals surface area contributed by atoms with Crippen molar-refractivity contribution in [1.29, 1.82) is 0 Å². The Morgan fingerprint density at radius 1 is 1.45 bits per heavy atom. The van der Waals surface area contributed by atoms with Gasteiger partial charge in [0, 0.05) is 26.8 Å². The van der Waals surface area contributed by atoms with Crippen LogP contribution in [0.4, 0.5) is 5.82 Å². The molecule has 0 saturated carbocycles. The summed E-state index contributed by atoms with van der Waals surface area (Å²) in [6.07, 6.45) is 1.90. The third-order valence-corrected chi connectivity index (χ3v) is 4.00. The van der Waals surface area contributed by atoms with Gasteiger partial charge in [-0.3, -0.25) is 4.79 Å². The van der Waals surface area contributed by atoms with Gasteiger partial charge in [-0.25, -0.2) is 4.98 Å². The van der Waals surface area contributed by atoms with Gasteiger partial charge in [-0.2, -0.15) is 0 Å². The molecule has 0 aromatic carbocycles. The molecule has 0 bridgehead atoms. The van der Waals surface area contributed by atoms with E-state index in [1.54, 1.807) is 19.2 Å². The Labute approximate surface area is 124 Å². The molecule has 1 saturated heterocycles. The number of carbonyl (C=O) groups is 1. The standard InChI is InChI=1S/C14H20ClN3O2/c1-14(5-7-20-8-6-14)9-17-13(19)12-10(15)3-4-11(16-2)18-12/h3-4H,5-9H2,1-2H3,(H,16,18)(H,17,19). The van der Waals surface area contributed by atoms with Gasteiger partial charge in [0.15, 0.2) is 0 Å². The topological polar surface area (TPSA) is 63.2 Å². The van der Waals surface area contributed by atoms with Crippen molar-refractivity contribution in [3.8, 4) is 0 Å². The molecule has 1 aliphatic heterocycles. The summed E-state index contributed by atoms with van der Waals surface area (Å²) in [4.78, 5) is 16.4. The number of amides is 1. The first-order valence-corrected chi connectivity index (χ1v) is 7.12. The zero-order valence-corrected chi connectivity index (χ0v) is 12.6. The number of halogens is 1. The van der Waals surface area contributed by atoms with Crippen molar-refractivity contribution in [3.63, 3.8) is 0 Å². The molecule has 2 N–H and O–H groups in total. The maximum absolute atomic E-state index is 12.2. The van der Waals surface area contributed by atoms with Crippen molar-refractivity contribution in [2.75, 3.05) is 32.1 Å². The lowest BCUT2D eigenvalue weighted by molar-refractivity contribution is 0.0238. The molecule has 0 atom stereocenters. The Morgan fingerprint density at radius 2 is 2.15 bits per heavy atom. The number of nitrogens with one attached hydrogen (secondary N) is 2. The van der Waals surface area contributed by atoms with Crippen LogP contribution in [0, 0.1) is 5.41 Å². The van der Waals surface area contributed by atoms with Gasteiger partial charge in [-0.15, -0.1) is 0 Å². The van der Waals surface area contributed by atoms with Gasteiger partial charge >= 0.3 is 0 Å². The van der Waals surface area contributed by atoms with Crippen LogP contribution in [-0.2, 0) is 4.74 Å². The molecule has 20 heavy (non-hydrogen) atoms. The lowest BCUT2D eigenvalue weighted by Crippen LogP contribution is -2.39. The summed E-state index contributed by atoms with van der Waals surface area (Å²) in [5.41, 5.74) is 0.343. The highest BCUT2D eigenvalue weighted by atomic mass is 35.5. The van der Waals surface area contributed by atoms with Crippen LogP contribution in [-0.4, -0.2) is 37.7 Å². The van der Waals surface area contributed by atoms with Gasteiger partial charge in [-0.1, -0.05) is 18.5 Å². The minimum absolute atomic E-state index is 0.0843. The smallest absolute Gasteiger partial charge is 0.271 e. The number of hydrogen-bond donors (Lipinski definition) is 2. The Kier molecular flexibility index (Phi) is 4.83. The van der Waals surface area contributed by atoms with E-state index in [9.17, 15) is 4.79 Å². The van der Waals surface area contributed by atoms with E-state index in [0.29, 0.717) is 17.4 Å². The second-order valence-corrected chi connectivity index (χ2v) is 5.79. The molecule has 1 amide bonds. The Balaban J connectivity index is 2.01. The van der Waals surface area contributed by atoms with E-state index in [1.165, 1.54) is 0 Å². The minimum Gasteiger partial charge on any atom is -0.381 e. The highest BCUT2D eigenvalue weighted by Crippen LogP contribution is 2.28. The van der Waals surface area contributed by atoms with Gasteiger partial charge < -0.3 is 15.4 Å². The first kappa shape index (κ1) is 15.1. The summed E-state index contributed by atoms with van der Waals surface area (Å²) in [5.74, 6) is 0.386. The maximum atomic E-state index is 12.2. The third-order valence-electron chi connectivity index (χ3n) is 3.69. The number of anilines is 1. The molecule has 6 heteroatoms. The van der Waals surface area contributed by atoms with Gasteiger partial charge in [-0.05, 0) is 30.4 Å². The molecule has 1 aliphatic rings. The lowest BCUT2D eigenvalue weighted by atomic mass is 9.82. The molecule has 0 unspecified atom stereocenters. The lowest BCUT2D eigenvalue weighted by Gasteiger charge is -2.33. The number of pyridine rings is 1. The summed E-state index contributed by atoms with van der Waals surface area (Å²) in [7, 11) is 1.75. The fraction of sp³-hybridized carbons (Fsp3) is 0.571. The number of carbonyl (C=O) groups excluding carboxylic acids is 1. The summed E-state index contributed by atoms with van der Waals surface area (Å²) in [5, 5.41) is 6.19. The van der Waals surface area contributed by atoms with E-state index in [-0.39, 0.29) is 17.0 Å². The number of nitrogens with zero attached hydrogens (tertiary/aromatic N) is 1. The predicted molar refractivity (Wildman–Crippen MR) is 79.3 cm³/mol. The normalized spacial score (nSPS) is 17.6. The fourth-order valence-electron chi connectivity index (χ4n) is 2.16. The molecule has 5 nitrogen and oxygen atoms in total. The average Bonchev–Trinajstić information content (AvgIpc) is 2.46. The molecule has 2 heterocycles. The highest BCUT2D eigenvalue weighted by Gasteiger charge is 2.28. The number of hydrogen-bond acceptors (Lipinski definition) is 4. The first-order valence-electron chi connectivity index (χ1n) is 6.74. The summed E-state index contributed by atoms with van der Waals surface area (Å²) in [6, 6.07) is 3.41. The molecular weight excluding hydrogens is 278 g/mol. The van der Waals surface area contributed by atoms with E-state index in [4.69, 9.17) is 16.3 Å². The van der Waals surface area contributed by atoms with Crippen LogP contribution >= 0.6 is 11.6 Å². The van der Waals surface area contributed by atoms with Crippen LogP contribution in [0.2, 0.25) is 5.02 Å². The largest absolute Gasteiger partial charge is 0.381 e. The van der Waals surface area contributed by atoms with Crippen molar-refractivity contribution in [1.82, 2.24) is 10.3 Å². The van der Waals surface area contributed by atoms with E-state index >= 15 is 0 Å². The number of rotatable bonds is 4. The number of ether oxygens (including phenoxy) is 1. The van der Waals surface area contributed by atoms with Crippen LogP contribution in [0.3, 0.4) is 0 Å². The zero-order valence-electron chi connectivity index (χ0n) is 11.8. The van der Waals surface area contributed by atoms with Crippen LogP contribution in [0.15, 0.2) is 12.1 Å². The quantitative estimate of drug-likeness (QED) is 0.895. The van der Waals surface area contributed by atoms with Crippen molar-refractivity contribution in [2.24, 2.45) is 5.41 Å². The average molecular weight is 298 g/mol. The van der Waals surface area contributed by atoms with Crippen molar-refractivity contribution in [2.45, 2.75) is 19.8 Å². The molecule has 110 valence electrons. The molecule has 1 fully saturated rings. The summed E-state index contributed by atoms with van der Waals surface area (Å²) < 4.78 is 5.35. The molecule has 0 spiro atoms. The van der Waals surface area contributed by atoms with E-state index < -0.39 is 0 Å². The van der Waals surface area contributed by atoms with E-state index in [0.717, 1.165) is 26.1 Å². The minimum atomic E-state index is -0.236. The van der Waals surface area contributed by atoms with E-state index in [2.05, 4.69) is 22.5 Å². The monoisotopic (exact) mass is 297 g/mol. The molecule has 0 radical (unpaired) electrons. The third kappa shape index (κ3) is 3.61. The molecule has 2 rings (SSSR count). The van der Waals surface area contributed by atoms with Crippen molar-refractivity contribution >= 4 is 23.3 Å². The van der Waals surface area contributed by atoms with Crippen LogP contribution in [0.25, 0.3) is 0 Å². The second kappa shape index (κ2) is 6.41. The Bertz CT molecular complexity index is 487. The highest BCUT2D eigenvalue weighted by molar-refractivity contribution is 6.33. The zero-order chi connectivity index (χ0) is 14.6. The van der Waals surface area contributed by atoms with E-state index in [1.807, 2.05) is 0 Å².